The van der Waals surface area contributed by atoms with Crippen molar-refractivity contribution in [1.29, 1.82) is 5.26 Å². The van der Waals surface area contributed by atoms with Crippen LogP contribution in [0.5, 0.6) is 0 Å². The Hall–Kier alpha value is -3.15. The smallest absolute Gasteiger partial charge is 0.352 e. The molecule has 8 heteroatoms. The highest BCUT2D eigenvalue weighted by atomic mass is 32.1. The summed E-state index contributed by atoms with van der Waals surface area (Å²) in [5.74, 6) is 1.07. The molecule has 2 aromatic rings. The van der Waals surface area contributed by atoms with E-state index in [1.807, 2.05) is 18.2 Å². The first kappa shape index (κ1) is 26.9. The number of hydrogen-bond acceptors (Lipinski definition) is 7. The zero-order valence-corrected chi connectivity index (χ0v) is 22.4. The number of aromatic nitrogens is 1. The van der Waals surface area contributed by atoms with Crippen molar-refractivity contribution in [3.8, 4) is 6.07 Å². The zero-order chi connectivity index (χ0) is 26.2. The van der Waals surface area contributed by atoms with Crippen molar-refractivity contribution < 1.29 is 9.53 Å². The van der Waals surface area contributed by atoms with Crippen LogP contribution in [0.1, 0.15) is 44.6 Å². The van der Waals surface area contributed by atoms with Crippen LogP contribution in [0.2, 0.25) is 0 Å². The Morgan fingerprint density at radius 2 is 2.11 bits per heavy atom. The fourth-order valence-corrected chi connectivity index (χ4v) is 6.59. The number of carbonyl (C=O) groups excluding carboxylic acids is 1. The first-order valence-corrected chi connectivity index (χ1v) is 14.1. The molecule has 2 fully saturated rings. The number of ether oxygens (including phenoxy) is 1. The summed E-state index contributed by atoms with van der Waals surface area (Å²) in [6.45, 7) is 9.18. The maximum absolute atomic E-state index is 12.9. The Morgan fingerprint density at radius 1 is 1.30 bits per heavy atom. The summed E-state index contributed by atoms with van der Waals surface area (Å²) in [7, 11) is 0. The first-order chi connectivity index (χ1) is 18.0. The van der Waals surface area contributed by atoms with Crippen molar-refractivity contribution in [3.05, 3.63) is 62.0 Å². The van der Waals surface area contributed by atoms with Crippen LogP contribution < -0.4 is 20.1 Å². The van der Waals surface area contributed by atoms with Crippen molar-refractivity contribution in [2.45, 2.75) is 52.0 Å². The normalized spacial score (nSPS) is 21.0. The molecule has 1 aliphatic heterocycles. The molecular weight excluding hydrogens is 484 g/mol. The number of nitrogens with zero attached hydrogens (tertiary/aromatic N) is 3. The number of anilines is 1. The second-order valence-corrected chi connectivity index (χ2v) is 10.9. The molecule has 196 valence electrons. The average Bonchev–Trinajstić information content (AvgIpc) is 3.24. The lowest BCUT2D eigenvalue weighted by molar-refractivity contribution is -0.135. The van der Waals surface area contributed by atoms with Gasteiger partial charge < -0.3 is 15.0 Å². The van der Waals surface area contributed by atoms with Crippen LogP contribution in [0.4, 0.5) is 5.69 Å². The molecule has 4 rings (SSSR count). The van der Waals surface area contributed by atoms with Crippen LogP contribution in [0.3, 0.4) is 0 Å². The number of fused-ring (bicyclic) bond motifs is 1. The predicted molar refractivity (Wildman–Crippen MR) is 148 cm³/mol. The third-order valence-corrected chi connectivity index (χ3v) is 8.61. The molecule has 1 saturated carbocycles. The lowest BCUT2D eigenvalue weighted by atomic mass is 9.75. The minimum absolute atomic E-state index is 0.00147. The Kier molecular flexibility index (Phi) is 9.37. The van der Waals surface area contributed by atoms with Crippen LogP contribution >= 0.6 is 11.3 Å². The van der Waals surface area contributed by atoms with Crippen molar-refractivity contribution in [1.82, 2.24) is 9.47 Å². The van der Waals surface area contributed by atoms with Gasteiger partial charge in [0.25, 0.3) is 5.56 Å². The molecule has 0 amide bonds. The average molecular weight is 521 g/mol. The first-order valence-electron chi connectivity index (χ1n) is 13.2. The number of rotatable bonds is 9. The number of hydrogen-bond donors (Lipinski definition) is 1. The molecule has 0 radical (unpaired) electrons. The Morgan fingerprint density at radius 3 is 2.86 bits per heavy atom. The van der Waals surface area contributed by atoms with Crippen LogP contribution in [-0.4, -0.2) is 41.7 Å². The van der Waals surface area contributed by atoms with E-state index in [-0.39, 0.29) is 17.7 Å². The van der Waals surface area contributed by atoms with E-state index in [0.717, 1.165) is 41.8 Å². The van der Waals surface area contributed by atoms with E-state index in [2.05, 4.69) is 28.9 Å². The second-order valence-electron chi connectivity index (χ2n) is 9.83. The van der Waals surface area contributed by atoms with Gasteiger partial charge in [0.1, 0.15) is 21.9 Å². The lowest BCUT2D eigenvalue weighted by Gasteiger charge is -2.41. The van der Waals surface area contributed by atoms with Crippen LogP contribution in [0.25, 0.3) is 11.8 Å². The molecule has 2 atom stereocenters. The Balaban J connectivity index is 1.46. The van der Waals surface area contributed by atoms with Crippen LogP contribution in [0.15, 0.2) is 41.7 Å². The third kappa shape index (κ3) is 6.60. The van der Waals surface area contributed by atoms with E-state index in [0.29, 0.717) is 15.7 Å². The predicted octanol–water partition coefficient (Wildman–Crippen LogP) is 3.24. The van der Waals surface area contributed by atoms with Crippen molar-refractivity contribution in [2.75, 3.05) is 31.6 Å². The standard InChI is InChI=1S/C29H36N4O3S/c1-3-16-36-29(35)25(18-30)28-33(4-2)27(34)26(37-28)19-31-24-11-7-8-21(17-24)12-14-32-15-13-22-9-5-6-10-23(22)20-32/h3,7-8,11,17,19,22-23,31H,1,4-6,9-10,12-16,20H2,2H3/t22-,23-/m1/s1. The van der Waals surface area contributed by atoms with Gasteiger partial charge in [-0.3, -0.25) is 9.36 Å². The van der Waals surface area contributed by atoms with Gasteiger partial charge in [-0.25, -0.2) is 4.79 Å². The number of likely N-dealkylation sites (tertiary alicyclic amines) is 1. The molecule has 7 nitrogen and oxygen atoms in total. The number of thiazole rings is 1. The van der Waals surface area contributed by atoms with E-state index in [9.17, 15) is 14.9 Å². The van der Waals surface area contributed by atoms with E-state index in [4.69, 9.17) is 4.74 Å². The van der Waals surface area contributed by atoms with Gasteiger partial charge in [-0.2, -0.15) is 5.26 Å². The minimum Gasteiger partial charge on any atom is -0.457 e. The number of esters is 1. The monoisotopic (exact) mass is 520 g/mol. The van der Waals surface area contributed by atoms with Crippen molar-refractivity contribution >= 4 is 34.8 Å². The summed E-state index contributed by atoms with van der Waals surface area (Å²) < 4.78 is 7.17. The lowest BCUT2D eigenvalue weighted by Crippen LogP contribution is -2.42. The number of nitrogens with one attached hydrogen (secondary N) is 1. The minimum atomic E-state index is -0.759. The van der Waals surface area contributed by atoms with Gasteiger partial charge in [0.05, 0.1) is 0 Å². The molecule has 37 heavy (non-hydrogen) atoms. The third-order valence-electron chi connectivity index (χ3n) is 7.47. The summed E-state index contributed by atoms with van der Waals surface area (Å²) in [4.78, 5) is 27.9. The quantitative estimate of drug-likeness (QED) is 0.404. The molecule has 2 aliphatic rings. The fourth-order valence-electron chi connectivity index (χ4n) is 5.51. The molecule has 1 N–H and O–H groups in total. The molecule has 0 unspecified atom stereocenters. The number of piperidine rings is 1. The molecule has 1 saturated heterocycles. The summed E-state index contributed by atoms with van der Waals surface area (Å²) in [5, 5.41) is 12.8. The van der Waals surface area contributed by atoms with Gasteiger partial charge >= 0.3 is 5.97 Å². The second kappa shape index (κ2) is 12.9. The maximum Gasteiger partial charge on any atom is 0.352 e. The molecule has 1 aliphatic carbocycles. The van der Waals surface area contributed by atoms with Gasteiger partial charge in [-0.15, -0.1) is 11.3 Å². The van der Waals surface area contributed by atoms with Crippen molar-refractivity contribution in [3.63, 3.8) is 0 Å². The zero-order valence-electron chi connectivity index (χ0n) is 21.6. The van der Waals surface area contributed by atoms with Gasteiger partial charge in [-0.05, 0) is 62.3 Å². The van der Waals surface area contributed by atoms with Crippen molar-refractivity contribution in [2.24, 2.45) is 11.8 Å². The van der Waals surface area contributed by atoms with Gasteiger partial charge in [0.15, 0.2) is 5.57 Å². The highest BCUT2D eigenvalue weighted by Gasteiger charge is 2.30. The maximum atomic E-state index is 12.9. The molecule has 0 spiro atoms. The number of nitriles is 1. The molecule has 1 aromatic carbocycles. The van der Waals surface area contributed by atoms with E-state index < -0.39 is 5.97 Å². The molecule has 1 aromatic heterocycles. The molecular formula is C29H36N4O3S. The molecule has 2 heterocycles. The summed E-state index contributed by atoms with van der Waals surface area (Å²) in [5.41, 5.74) is 1.73. The molecule has 0 bridgehead atoms. The van der Waals surface area contributed by atoms with E-state index in [1.54, 1.807) is 13.1 Å². The van der Waals surface area contributed by atoms with Gasteiger partial charge in [0, 0.05) is 31.5 Å². The Labute approximate surface area is 222 Å². The fraction of sp³-hybridized carbons (Fsp3) is 0.483. The summed E-state index contributed by atoms with van der Waals surface area (Å²) in [6.07, 6.45) is 11.0. The van der Waals surface area contributed by atoms with Crippen LogP contribution in [0, 0.1) is 23.2 Å². The van der Waals surface area contributed by atoms with E-state index in [1.165, 1.54) is 61.4 Å². The SMILES string of the molecule is C=CCOC(=O)C(C#N)=c1sc(=CNc2cccc(CCN3CC[C@H]4CCCC[C@@H]4C3)c2)c(=O)n1CC. The summed E-state index contributed by atoms with van der Waals surface area (Å²) >= 11 is 1.11. The van der Waals surface area contributed by atoms with E-state index >= 15 is 0 Å². The highest BCUT2D eigenvalue weighted by Crippen LogP contribution is 2.36. The number of benzene rings is 1. The van der Waals surface area contributed by atoms with Crippen LogP contribution in [-0.2, 0) is 22.5 Å². The number of carbonyl (C=O) groups is 1. The largest absolute Gasteiger partial charge is 0.457 e. The Bertz CT molecular complexity index is 1340. The topological polar surface area (TPSA) is 87.4 Å². The van der Waals surface area contributed by atoms with Gasteiger partial charge in [0.2, 0.25) is 0 Å². The highest BCUT2D eigenvalue weighted by molar-refractivity contribution is 7.07. The summed E-state index contributed by atoms with van der Waals surface area (Å²) in [6, 6.07) is 10.2. The van der Waals surface area contributed by atoms with Gasteiger partial charge in [-0.1, -0.05) is 44.1 Å².